The van der Waals surface area contributed by atoms with Crippen LogP contribution in [0.2, 0.25) is 0 Å². The molecule has 25 heavy (non-hydrogen) atoms. The monoisotopic (exact) mass is 411 g/mol. The molecule has 1 N–H and O–H groups in total. The van der Waals surface area contributed by atoms with Crippen molar-refractivity contribution in [2.75, 3.05) is 27.1 Å². The largest absolute Gasteiger partial charge is 0.460 e. The number of amides is 1. The van der Waals surface area contributed by atoms with Crippen molar-refractivity contribution < 1.29 is 28.5 Å². The molecule has 7 nitrogen and oxygen atoms in total. The van der Waals surface area contributed by atoms with Gasteiger partial charge in [-0.3, -0.25) is 4.79 Å². The Balaban J connectivity index is 1.96. The Bertz CT molecular complexity index is 745. The third-order valence-electron chi connectivity index (χ3n) is 4.08. The van der Waals surface area contributed by atoms with Crippen LogP contribution in [0.25, 0.3) is 0 Å². The van der Waals surface area contributed by atoms with Crippen molar-refractivity contribution in [1.29, 1.82) is 0 Å². The number of methoxy groups -OCH3 is 1. The highest BCUT2D eigenvalue weighted by Crippen LogP contribution is 2.43. The third kappa shape index (κ3) is 3.64. The summed E-state index contributed by atoms with van der Waals surface area (Å²) in [5, 5.41) is 2.71. The Morgan fingerprint density at radius 2 is 2.04 bits per heavy atom. The molecule has 0 saturated heterocycles. The van der Waals surface area contributed by atoms with E-state index in [-0.39, 0.29) is 25.7 Å². The van der Waals surface area contributed by atoms with Crippen LogP contribution in [-0.4, -0.2) is 39.0 Å². The van der Waals surface area contributed by atoms with E-state index in [1.807, 2.05) is 0 Å². The molecule has 0 bridgehead atoms. The van der Waals surface area contributed by atoms with Gasteiger partial charge >= 0.3 is 5.97 Å². The van der Waals surface area contributed by atoms with Crippen LogP contribution in [-0.2, 0) is 19.1 Å². The predicted octanol–water partition coefficient (Wildman–Crippen LogP) is 2.24. The van der Waals surface area contributed by atoms with E-state index in [0.717, 1.165) is 10.0 Å². The zero-order valence-electron chi connectivity index (χ0n) is 13.9. The second-order valence-corrected chi connectivity index (χ2v) is 6.55. The van der Waals surface area contributed by atoms with Crippen molar-refractivity contribution in [1.82, 2.24) is 5.32 Å². The molecule has 2 aliphatic heterocycles. The molecule has 0 unspecified atom stereocenters. The summed E-state index contributed by atoms with van der Waals surface area (Å²) in [4.78, 5) is 24.6. The lowest BCUT2D eigenvalue weighted by Gasteiger charge is -2.27. The smallest absolute Gasteiger partial charge is 0.336 e. The quantitative estimate of drug-likeness (QED) is 0.590. The first-order valence-electron chi connectivity index (χ1n) is 7.77. The van der Waals surface area contributed by atoms with Crippen LogP contribution in [0.4, 0.5) is 0 Å². The van der Waals surface area contributed by atoms with Gasteiger partial charge in [-0.15, -0.1) is 0 Å². The Morgan fingerprint density at radius 3 is 2.76 bits per heavy atom. The maximum atomic E-state index is 12.6. The van der Waals surface area contributed by atoms with Gasteiger partial charge in [0, 0.05) is 29.6 Å². The zero-order chi connectivity index (χ0) is 18.0. The molecule has 8 heteroatoms. The number of hydrogen-bond donors (Lipinski definition) is 1. The van der Waals surface area contributed by atoms with Gasteiger partial charge in [-0.05, 0) is 24.6 Å². The first kappa shape index (κ1) is 17.8. The number of fused-ring (bicyclic) bond motifs is 1. The van der Waals surface area contributed by atoms with Crippen LogP contribution in [0, 0.1) is 0 Å². The molecule has 2 heterocycles. The molecule has 3 rings (SSSR count). The van der Waals surface area contributed by atoms with Crippen LogP contribution in [0.3, 0.4) is 0 Å². The highest BCUT2D eigenvalue weighted by molar-refractivity contribution is 9.10. The standard InChI is InChI=1S/C17H18BrNO6/c1-9-16(17(21)23-4-3-22-2)11(6-15(20)19-9)10-5-13-14(7-12(10)18)25-8-24-13/h5,7,11H,3-4,6,8H2,1-2H3,(H,19,20)/t11-/m0/s1. The van der Waals surface area contributed by atoms with Gasteiger partial charge in [-0.2, -0.15) is 0 Å². The average Bonchev–Trinajstić information content (AvgIpc) is 3.00. The fourth-order valence-corrected chi connectivity index (χ4v) is 3.53. The van der Waals surface area contributed by atoms with Gasteiger partial charge in [-0.25, -0.2) is 4.79 Å². The van der Waals surface area contributed by atoms with Gasteiger partial charge in [0.05, 0.1) is 12.2 Å². The number of halogens is 1. The Labute approximate surface area is 153 Å². The van der Waals surface area contributed by atoms with Crippen LogP contribution < -0.4 is 14.8 Å². The normalized spacial score (nSPS) is 19.0. The number of ether oxygens (including phenoxy) is 4. The second-order valence-electron chi connectivity index (χ2n) is 5.70. The van der Waals surface area contributed by atoms with E-state index in [4.69, 9.17) is 18.9 Å². The maximum Gasteiger partial charge on any atom is 0.336 e. The van der Waals surface area contributed by atoms with E-state index in [1.165, 1.54) is 7.11 Å². The van der Waals surface area contributed by atoms with Crippen molar-refractivity contribution in [2.45, 2.75) is 19.3 Å². The number of carbonyl (C=O) groups is 2. The number of rotatable bonds is 5. The molecule has 1 aromatic rings. The van der Waals surface area contributed by atoms with Crippen LogP contribution >= 0.6 is 15.9 Å². The second kappa shape index (κ2) is 7.45. The number of nitrogens with one attached hydrogen (secondary N) is 1. The zero-order valence-corrected chi connectivity index (χ0v) is 15.5. The molecule has 1 atom stereocenters. The first-order chi connectivity index (χ1) is 12.0. The van der Waals surface area contributed by atoms with E-state index in [1.54, 1.807) is 19.1 Å². The summed E-state index contributed by atoms with van der Waals surface area (Å²) in [5.41, 5.74) is 1.70. The summed E-state index contributed by atoms with van der Waals surface area (Å²) < 4.78 is 21.7. The Morgan fingerprint density at radius 1 is 1.32 bits per heavy atom. The molecule has 134 valence electrons. The summed E-state index contributed by atoms with van der Waals surface area (Å²) in [6.07, 6.45) is 0.143. The molecule has 0 aliphatic carbocycles. The minimum atomic E-state index is -0.468. The highest BCUT2D eigenvalue weighted by Gasteiger charge is 2.35. The minimum absolute atomic E-state index is 0.143. The molecule has 0 fully saturated rings. The van der Waals surface area contributed by atoms with Crippen molar-refractivity contribution in [2.24, 2.45) is 0 Å². The topological polar surface area (TPSA) is 83.1 Å². The van der Waals surface area contributed by atoms with Crippen molar-refractivity contribution in [3.05, 3.63) is 33.4 Å². The maximum absolute atomic E-state index is 12.6. The Hall–Kier alpha value is -2.06. The van der Waals surface area contributed by atoms with E-state index < -0.39 is 11.9 Å². The van der Waals surface area contributed by atoms with Crippen LogP contribution in [0.1, 0.15) is 24.8 Å². The van der Waals surface area contributed by atoms with E-state index in [2.05, 4.69) is 21.2 Å². The van der Waals surface area contributed by atoms with E-state index in [9.17, 15) is 9.59 Å². The lowest BCUT2D eigenvalue weighted by atomic mass is 9.84. The van der Waals surface area contributed by atoms with Crippen LogP contribution in [0.5, 0.6) is 11.5 Å². The summed E-state index contributed by atoms with van der Waals surface area (Å²) in [5.74, 6) is 0.159. The van der Waals surface area contributed by atoms with Crippen molar-refractivity contribution in [3.8, 4) is 11.5 Å². The van der Waals surface area contributed by atoms with Gasteiger partial charge in [0.1, 0.15) is 6.61 Å². The lowest BCUT2D eigenvalue weighted by Crippen LogP contribution is -2.34. The number of carbonyl (C=O) groups excluding carboxylic acids is 2. The van der Waals surface area contributed by atoms with Crippen molar-refractivity contribution >= 4 is 27.8 Å². The number of esters is 1. The molecule has 0 saturated carbocycles. The fraction of sp³-hybridized carbons (Fsp3) is 0.412. The third-order valence-corrected chi connectivity index (χ3v) is 4.76. The summed E-state index contributed by atoms with van der Waals surface area (Å²) >= 11 is 3.50. The first-order valence-corrected chi connectivity index (χ1v) is 8.56. The van der Waals surface area contributed by atoms with Gasteiger partial charge in [0.15, 0.2) is 11.5 Å². The number of benzene rings is 1. The Kier molecular flexibility index (Phi) is 5.29. The average molecular weight is 412 g/mol. The minimum Gasteiger partial charge on any atom is -0.460 e. The summed E-state index contributed by atoms with van der Waals surface area (Å²) in [6.45, 7) is 2.30. The fourth-order valence-electron chi connectivity index (χ4n) is 2.93. The molecular weight excluding hydrogens is 394 g/mol. The van der Waals surface area contributed by atoms with E-state index >= 15 is 0 Å². The van der Waals surface area contributed by atoms with E-state index in [0.29, 0.717) is 29.4 Å². The molecule has 1 amide bonds. The molecule has 2 aliphatic rings. The predicted molar refractivity (Wildman–Crippen MR) is 91.3 cm³/mol. The summed E-state index contributed by atoms with van der Waals surface area (Å²) in [7, 11) is 1.53. The van der Waals surface area contributed by atoms with Gasteiger partial charge in [0.2, 0.25) is 12.7 Å². The molecule has 0 radical (unpaired) electrons. The van der Waals surface area contributed by atoms with Gasteiger partial charge in [-0.1, -0.05) is 15.9 Å². The SMILES string of the molecule is COCCOC(=O)C1=C(C)NC(=O)C[C@H]1c1cc2c(cc1Br)OCO2. The van der Waals surface area contributed by atoms with Gasteiger partial charge < -0.3 is 24.3 Å². The van der Waals surface area contributed by atoms with Gasteiger partial charge in [0.25, 0.3) is 0 Å². The molecule has 0 spiro atoms. The number of allylic oxidation sites excluding steroid dienone is 1. The lowest BCUT2D eigenvalue weighted by molar-refractivity contribution is -0.141. The van der Waals surface area contributed by atoms with Crippen molar-refractivity contribution in [3.63, 3.8) is 0 Å². The molecule has 0 aromatic heterocycles. The number of hydrogen-bond acceptors (Lipinski definition) is 6. The van der Waals surface area contributed by atoms with Crippen LogP contribution in [0.15, 0.2) is 27.9 Å². The summed E-state index contributed by atoms with van der Waals surface area (Å²) in [6, 6.07) is 3.58. The molecular formula is C17H18BrNO6. The molecule has 1 aromatic carbocycles. The highest BCUT2D eigenvalue weighted by atomic mass is 79.9.